The highest BCUT2D eigenvalue weighted by molar-refractivity contribution is 5.93. The molecular formula is C12H15ClN4O2. The summed E-state index contributed by atoms with van der Waals surface area (Å²) in [5.41, 5.74) is 5.51. The maximum Gasteiger partial charge on any atom is 0.270 e. The fourth-order valence-corrected chi connectivity index (χ4v) is 1.58. The van der Waals surface area contributed by atoms with Gasteiger partial charge in [0.2, 0.25) is 0 Å². The van der Waals surface area contributed by atoms with Crippen molar-refractivity contribution in [1.82, 2.24) is 14.7 Å². The first-order valence-electron chi connectivity index (χ1n) is 5.68. The smallest absolute Gasteiger partial charge is 0.270 e. The van der Waals surface area contributed by atoms with Gasteiger partial charge in [0.25, 0.3) is 11.5 Å². The number of nitrogens with two attached hydrogens (primary N) is 1. The summed E-state index contributed by atoms with van der Waals surface area (Å²) in [7, 11) is 0. The van der Waals surface area contributed by atoms with Gasteiger partial charge in [-0.25, -0.2) is 4.98 Å². The molecule has 7 heteroatoms. The lowest BCUT2D eigenvalue weighted by molar-refractivity contribution is 0.0951. The van der Waals surface area contributed by atoms with Gasteiger partial charge < -0.3 is 11.1 Å². The number of nitrogens with zero attached hydrogens (tertiary/aromatic N) is 2. The number of fused-ring (bicyclic) bond motifs is 1. The van der Waals surface area contributed by atoms with E-state index in [2.05, 4.69) is 10.3 Å². The lowest BCUT2D eigenvalue weighted by Gasteiger charge is -2.05. The zero-order valence-corrected chi connectivity index (χ0v) is 11.0. The molecule has 0 aliphatic heterocycles. The summed E-state index contributed by atoms with van der Waals surface area (Å²) in [4.78, 5) is 27.9. The van der Waals surface area contributed by atoms with Crippen molar-refractivity contribution in [1.29, 1.82) is 0 Å². The van der Waals surface area contributed by atoms with Crippen LogP contribution in [0.2, 0.25) is 0 Å². The molecule has 0 aliphatic carbocycles. The van der Waals surface area contributed by atoms with Gasteiger partial charge in [-0.15, -0.1) is 12.4 Å². The molecule has 2 heterocycles. The van der Waals surface area contributed by atoms with E-state index in [0.717, 1.165) is 0 Å². The third-order valence-corrected chi connectivity index (χ3v) is 2.52. The van der Waals surface area contributed by atoms with E-state index in [4.69, 9.17) is 5.73 Å². The molecule has 3 N–H and O–H groups in total. The minimum atomic E-state index is -0.417. The van der Waals surface area contributed by atoms with Gasteiger partial charge in [-0.2, -0.15) is 0 Å². The first kappa shape index (κ1) is 15.1. The average Bonchev–Trinajstić information content (AvgIpc) is 2.39. The van der Waals surface area contributed by atoms with Crippen LogP contribution in [0.25, 0.3) is 5.65 Å². The van der Waals surface area contributed by atoms with Crippen LogP contribution in [0.4, 0.5) is 0 Å². The number of nitrogens with one attached hydrogen (secondary N) is 1. The number of halogens is 1. The van der Waals surface area contributed by atoms with Crippen LogP contribution in [0.1, 0.15) is 16.8 Å². The lowest BCUT2D eigenvalue weighted by Crippen LogP contribution is -2.32. The Kier molecular flexibility index (Phi) is 5.47. The normalized spacial score (nSPS) is 9.95. The molecule has 0 saturated heterocycles. The van der Waals surface area contributed by atoms with Crippen molar-refractivity contribution in [3.05, 3.63) is 46.5 Å². The van der Waals surface area contributed by atoms with Crippen LogP contribution in [0, 0.1) is 0 Å². The van der Waals surface area contributed by atoms with Gasteiger partial charge in [0.15, 0.2) is 0 Å². The highest BCUT2D eigenvalue weighted by Gasteiger charge is 2.11. The van der Waals surface area contributed by atoms with Crippen molar-refractivity contribution in [2.75, 3.05) is 13.1 Å². The number of amides is 1. The Morgan fingerprint density at radius 1 is 1.42 bits per heavy atom. The molecule has 6 nitrogen and oxygen atoms in total. The third-order valence-electron chi connectivity index (χ3n) is 2.52. The number of aromatic nitrogens is 2. The molecule has 0 unspecified atom stereocenters. The Hall–Kier alpha value is -1.92. The van der Waals surface area contributed by atoms with Crippen molar-refractivity contribution in [3.63, 3.8) is 0 Å². The minimum Gasteiger partial charge on any atom is -0.352 e. The second-order valence-electron chi connectivity index (χ2n) is 3.80. The van der Waals surface area contributed by atoms with E-state index in [1.807, 2.05) is 0 Å². The van der Waals surface area contributed by atoms with Crippen molar-refractivity contribution in [3.8, 4) is 0 Å². The second kappa shape index (κ2) is 6.86. The highest BCUT2D eigenvalue weighted by atomic mass is 35.5. The van der Waals surface area contributed by atoms with Gasteiger partial charge in [0, 0.05) is 18.9 Å². The maximum atomic E-state index is 12.0. The predicted molar refractivity (Wildman–Crippen MR) is 74.7 cm³/mol. The Morgan fingerprint density at radius 2 is 2.21 bits per heavy atom. The fourth-order valence-electron chi connectivity index (χ4n) is 1.58. The highest BCUT2D eigenvalue weighted by Crippen LogP contribution is 1.97. The van der Waals surface area contributed by atoms with Crippen LogP contribution in [-0.4, -0.2) is 28.4 Å². The van der Waals surface area contributed by atoms with E-state index in [1.165, 1.54) is 10.6 Å². The van der Waals surface area contributed by atoms with Crippen LogP contribution in [0.3, 0.4) is 0 Å². The van der Waals surface area contributed by atoms with Crippen LogP contribution < -0.4 is 16.6 Å². The van der Waals surface area contributed by atoms with Crippen molar-refractivity contribution >= 4 is 24.0 Å². The van der Waals surface area contributed by atoms with E-state index in [1.54, 1.807) is 24.4 Å². The molecule has 2 rings (SSSR count). The third kappa shape index (κ3) is 3.30. The van der Waals surface area contributed by atoms with Crippen molar-refractivity contribution in [2.45, 2.75) is 6.42 Å². The molecule has 0 radical (unpaired) electrons. The Balaban J connectivity index is 0.00000180. The van der Waals surface area contributed by atoms with Crippen molar-refractivity contribution < 1.29 is 4.79 Å². The van der Waals surface area contributed by atoms with Crippen LogP contribution in [0.5, 0.6) is 0 Å². The molecule has 0 atom stereocenters. The summed E-state index contributed by atoms with van der Waals surface area (Å²) >= 11 is 0. The molecule has 0 fully saturated rings. The predicted octanol–water partition coefficient (Wildman–Crippen LogP) is 0.195. The average molecular weight is 283 g/mol. The molecule has 0 spiro atoms. The van der Waals surface area contributed by atoms with E-state index in [9.17, 15) is 9.59 Å². The van der Waals surface area contributed by atoms with Gasteiger partial charge in [-0.3, -0.25) is 14.0 Å². The molecule has 2 aromatic heterocycles. The van der Waals surface area contributed by atoms with E-state index < -0.39 is 5.91 Å². The largest absolute Gasteiger partial charge is 0.352 e. The SMILES string of the molecule is Cl.NCCCNC(=O)c1cnc2ccccn2c1=O. The second-order valence-corrected chi connectivity index (χ2v) is 3.80. The molecule has 102 valence electrons. The van der Waals surface area contributed by atoms with Gasteiger partial charge in [0.05, 0.1) is 0 Å². The summed E-state index contributed by atoms with van der Waals surface area (Å²) in [6.07, 6.45) is 3.56. The Labute approximate surface area is 116 Å². The quantitative estimate of drug-likeness (QED) is 0.784. The maximum absolute atomic E-state index is 12.0. The summed E-state index contributed by atoms with van der Waals surface area (Å²) in [5, 5.41) is 2.63. The first-order valence-corrected chi connectivity index (χ1v) is 5.68. The number of hydrogen-bond donors (Lipinski definition) is 2. The lowest BCUT2D eigenvalue weighted by atomic mass is 10.3. The number of pyridine rings is 1. The number of carbonyl (C=O) groups is 1. The van der Waals surface area contributed by atoms with E-state index in [-0.39, 0.29) is 23.5 Å². The molecule has 2 aromatic rings. The van der Waals surface area contributed by atoms with Crippen LogP contribution in [-0.2, 0) is 0 Å². The van der Waals surface area contributed by atoms with Gasteiger partial charge in [-0.1, -0.05) is 6.07 Å². The number of carbonyl (C=O) groups excluding carboxylic acids is 1. The molecule has 0 aliphatic rings. The zero-order chi connectivity index (χ0) is 13.0. The van der Waals surface area contributed by atoms with Gasteiger partial charge in [-0.05, 0) is 25.1 Å². The van der Waals surface area contributed by atoms with Crippen LogP contribution >= 0.6 is 12.4 Å². The standard InChI is InChI=1S/C12H14N4O2.ClH/c13-5-3-6-14-11(17)9-8-15-10-4-1-2-7-16(10)12(9)18;/h1-2,4,7-8H,3,5-6,13H2,(H,14,17);1H. The molecule has 1 amide bonds. The summed E-state index contributed by atoms with van der Waals surface area (Å²) in [6.45, 7) is 0.946. The fraction of sp³-hybridized carbons (Fsp3) is 0.250. The first-order chi connectivity index (χ1) is 8.74. The summed E-state index contributed by atoms with van der Waals surface area (Å²) in [5.74, 6) is -0.417. The molecule has 0 saturated carbocycles. The van der Waals surface area contributed by atoms with Gasteiger partial charge >= 0.3 is 0 Å². The molecular weight excluding hydrogens is 268 g/mol. The molecule has 0 bridgehead atoms. The Bertz CT molecular complexity index is 626. The number of hydrogen-bond acceptors (Lipinski definition) is 4. The molecule has 0 aromatic carbocycles. The van der Waals surface area contributed by atoms with E-state index >= 15 is 0 Å². The monoisotopic (exact) mass is 282 g/mol. The summed E-state index contributed by atoms with van der Waals surface area (Å²) < 4.78 is 1.35. The molecule has 19 heavy (non-hydrogen) atoms. The summed E-state index contributed by atoms with van der Waals surface area (Å²) in [6, 6.07) is 5.20. The van der Waals surface area contributed by atoms with E-state index in [0.29, 0.717) is 25.2 Å². The minimum absolute atomic E-state index is 0. The van der Waals surface area contributed by atoms with Gasteiger partial charge in [0.1, 0.15) is 11.2 Å². The topological polar surface area (TPSA) is 89.5 Å². The van der Waals surface area contributed by atoms with Crippen molar-refractivity contribution in [2.24, 2.45) is 5.73 Å². The Morgan fingerprint density at radius 3 is 2.95 bits per heavy atom. The number of rotatable bonds is 4. The van der Waals surface area contributed by atoms with Crippen LogP contribution in [0.15, 0.2) is 35.4 Å². The zero-order valence-electron chi connectivity index (χ0n) is 10.2.